The van der Waals surface area contributed by atoms with Gasteiger partial charge in [-0.3, -0.25) is 10.1 Å². The van der Waals surface area contributed by atoms with Crippen molar-refractivity contribution in [3.8, 4) is 0 Å². The van der Waals surface area contributed by atoms with Crippen LogP contribution in [0.1, 0.15) is 34.6 Å². The fourth-order valence-electron chi connectivity index (χ4n) is 3.19. The van der Waals surface area contributed by atoms with Crippen LogP contribution in [-0.4, -0.2) is 18.0 Å². The van der Waals surface area contributed by atoms with Gasteiger partial charge in [0.05, 0.1) is 4.92 Å². The van der Waals surface area contributed by atoms with Crippen LogP contribution in [0.15, 0.2) is 18.2 Å². The molecule has 0 heterocycles. The van der Waals surface area contributed by atoms with Crippen LogP contribution >= 0.6 is 0 Å². The summed E-state index contributed by atoms with van der Waals surface area (Å²) >= 11 is 0. The lowest BCUT2D eigenvalue weighted by molar-refractivity contribution is -0.384. The third-order valence-electron chi connectivity index (χ3n) is 5.34. The predicted molar refractivity (Wildman–Crippen MR) is 86.8 cm³/mol. The Bertz CT molecular complexity index is 538. The fourth-order valence-corrected chi connectivity index (χ4v) is 3.19. The number of anilines is 2. The summed E-state index contributed by atoms with van der Waals surface area (Å²) in [5.74, 6) is 0.576. The smallest absolute Gasteiger partial charge is 0.273 e. The first-order valence-electron chi connectivity index (χ1n) is 7.47. The molecule has 5 nitrogen and oxygen atoms in total. The number of rotatable bonds is 6. The molecule has 2 rings (SSSR count). The van der Waals surface area contributed by atoms with Crippen LogP contribution in [0.5, 0.6) is 0 Å². The van der Waals surface area contributed by atoms with Gasteiger partial charge in [-0.1, -0.05) is 27.7 Å². The van der Waals surface area contributed by atoms with Crippen LogP contribution in [0.4, 0.5) is 17.1 Å². The molecule has 21 heavy (non-hydrogen) atoms. The van der Waals surface area contributed by atoms with Gasteiger partial charge in [0.1, 0.15) is 0 Å². The van der Waals surface area contributed by atoms with Gasteiger partial charge in [0.15, 0.2) is 0 Å². The number of nitrogens with zero attached hydrogens (tertiary/aromatic N) is 1. The second-order valence-electron chi connectivity index (χ2n) is 6.93. The Kier molecular flexibility index (Phi) is 3.87. The molecular weight excluding hydrogens is 266 g/mol. The molecule has 1 fully saturated rings. The van der Waals surface area contributed by atoms with Gasteiger partial charge in [0.25, 0.3) is 5.69 Å². The van der Waals surface area contributed by atoms with Crippen molar-refractivity contribution < 1.29 is 4.92 Å². The zero-order valence-electron chi connectivity index (χ0n) is 13.5. The van der Waals surface area contributed by atoms with E-state index >= 15 is 0 Å². The van der Waals surface area contributed by atoms with Crippen molar-refractivity contribution in [2.45, 2.75) is 34.6 Å². The molecule has 1 aromatic rings. The van der Waals surface area contributed by atoms with Crippen molar-refractivity contribution >= 4 is 17.1 Å². The van der Waals surface area contributed by atoms with Crippen LogP contribution in [0.2, 0.25) is 0 Å². The third kappa shape index (κ3) is 2.82. The van der Waals surface area contributed by atoms with Gasteiger partial charge in [0, 0.05) is 36.6 Å². The van der Waals surface area contributed by atoms with E-state index in [9.17, 15) is 10.1 Å². The largest absolute Gasteiger partial charge is 0.385 e. The molecule has 0 aliphatic heterocycles. The van der Waals surface area contributed by atoms with E-state index in [2.05, 4.69) is 38.3 Å². The standard InChI is InChI=1S/C16H25N3O2/c1-6-17-11-7-12(9-13(8-11)19(20)21)18-10-14-15(2,3)16(14,4)5/h7-9,14,17-18H,6,10H2,1-5H3. The van der Waals surface area contributed by atoms with Gasteiger partial charge in [0.2, 0.25) is 0 Å². The maximum Gasteiger partial charge on any atom is 0.273 e. The quantitative estimate of drug-likeness (QED) is 0.611. The number of nitro groups is 1. The second kappa shape index (κ2) is 5.20. The summed E-state index contributed by atoms with van der Waals surface area (Å²) in [6.07, 6.45) is 0. The lowest BCUT2D eigenvalue weighted by Gasteiger charge is -2.10. The molecule has 0 saturated heterocycles. The molecule has 0 spiro atoms. The molecular formula is C16H25N3O2. The molecule has 116 valence electrons. The molecule has 1 saturated carbocycles. The van der Waals surface area contributed by atoms with E-state index < -0.39 is 0 Å². The molecule has 0 bridgehead atoms. The number of benzene rings is 1. The average Bonchev–Trinajstić information content (AvgIpc) is 2.77. The van der Waals surface area contributed by atoms with E-state index in [1.54, 1.807) is 12.1 Å². The SMILES string of the molecule is CCNc1cc(NCC2C(C)(C)C2(C)C)cc([N+](=O)[O-])c1. The molecule has 0 atom stereocenters. The number of nitro benzene ring substituents is 1. The van der Waals surface area contributed by atoms with Crippen LogP contribution < -0.4 is 10.6 Å². The summed E-state index contributed by atoms with van der Waals surface area (Å²) in [5.41, 5.74) is 2.32. The molecule has 1 aliphatic carbocycles. The monoisotopic (exact) mass is 291 g/mol. The lowest BCUT2D eigenvalue weighted by atomic mass is 10.0. The number of hydrogen-bond acceptors (Lipinski definition) is 4. The summed E-state index contributed by atoms with van der Waals surface area (Å²) < 4.78 is 0. The van der Waals surface area contributed by atoms with Crippen LogP contribution in [-0.2, 0) is 0 Å². The lowest BCUT2D eigenvalue weighted by Crippen LogP contribution is -2.09. The average molecular weight is 291 g/mol. The van der Waals surface area contributed by atoms with E-state index in [0.29, 0.717) is 16.7 Å². The third-order valence-corrected chi connectivity index (χ3v) is 5.34. The predicted octanol–water partition coefficient (Wildman–Crippen LogP) is 4.12. The Labute approximate surface area is 126 Å². The first kappa shape index (κ1) is 15.6. The van der Waals surface area contributed by atoms with E-state index in [-0.39, 0.29) is 10.6 Å². The highest BCUT2D eigenvalue weighted by Crippen LogP contribution is 2.68. The van der Waals surface area contributed by atoms with Crippen molar-refractivity contribution in [2.24, 2.45) is 16.7 Å². The van der Waals surface area contributed by atoms with Crippen LogP contribution in [0.25, 0.3) is 0 Å². The van der Waals surface area contributed by atoms with Gasteiger partial charge in [-0.25, -0.2) is 0 Å². The summed E-state index contributed by atoms with van der Waals surface area (Å²) in [6.45, 7) is 12.7. The molecule has 0 amide bonds. The van der Waals surface area contributed by atoms with Gasteiger partial charge < -0.3 is 10.6 Å². The van der Waals surface area contributed by atoms with Crippen molar-refractivity contribution in [2.75, 3.05) is 23.7 Å². The molecule has 5 heteroatoms. The highest BCUT2D eigenvalue weighted by atomic mass is 16.6. The Morgan fingerprint density at radius 3 is 2.05 bits per heavy atom. The van der Waals surface area contributed by atoms with Gasteiger partial charge >= 0.3 is 0 Å². The van der Waals surface area contributed by atoms with Crippen molar-refractivity contribution in [3.63, 3.8) is 0 Å². The summed E-state index contributed by atoms with van der Waals surface area (Å²) in [5, 5.41) is 17.5. The minimum absolute atomic E-state index is 0.116. The van der Waals surface area contributed by atoms with E-state index in [1.807, 2.05) is 13.0 Å². The topological polar surface area (TPSA) is 67.2 Å². The Morgan fingerprint density at radius 2 is 1.62 bits per heavy atom. The Morgan fingerprint density at radius 1 is 1.10 bits per heavy atom. The fraction of sp³-hybridized carbons (Fsp3) is 0.625. The maximum absolute atomic E-state index is 11.0. The van der Waals surface area contributed by atoms with Gasteiger partial charge in [-0.15, -0.1) is 0 Å². The molecule has 0 unspecified atom stereocenters. The molecule has 1 aliphatic rings. The molecule has 0 radical (unpaired) electrons. The summed E-state index contributed by atoms with van der Waals surface area (Å²) in [7, 11) is 0. The second-order valence-corrected chi connectivity index (χ2v) is 6.93. The zero-order chi connectivity index (χ0) is 15.8. The van der Waals surface area contributed by atoms with Crippen LogP contribution in [0, 0.1) is 26.9 Å². The Hall–Kier alpha value is -1.78. The van der Waals surface area contributed by atoms with E-state index in [0.717, 1.165) is 24.5 Å². The first-order valence-corrected chi connectivity index (χ1v) is 7.47. The zero-order valence-corrected chi connectivity index (χ0v) is 13.5. The Balaban J connectivity index is 2.11. The highest BCUT2D eigenvalue weighted by Gasteiger charge is 2.63. The summed E-state index contributed by atoms with van der Waals surface area (Å²) in [4.78, 5) is 10.7. The minimum Gasteiger partial charge on any atom is -0.385 e. The minimum atomic E-state index is -0.350. The number of hydrogen-bond donors (Lipinski definition) is 2. The van der Waals surface area contributed by atoms with Crippen molar-refractivity contribution in [3.05, 3.63) is 28.3 Å². The highest BCUT2D eigenvalue weighted by molar-refractivity contribution is 5.63. The van der Waals surface area contributed by atoms with E-state index in [4.69, 9.17) is 0 Å². The number of nitrogens with one attached hydrogen (secondary N) is 2. The van der Waals surface area contributed by atoms with E-state index in [1.165, 1.54) is 0 Å². The van der Waals surface area contributed by atoms with Crippen LogP contribution in [0.3, 0.4) is 0 Å². The normalized spacial score (nSPS) is 19.1. The first-order chi connectivity index (χ1) is 9.70. The molecule has 0 aromatic heterocycles. The molecule has 2 N–H and O–H groups in total. The van der Waals surface area contributed by atoms with Crippen molar-refractivity contribution in [1.82, 2.24) is 0 Å². The maximum atomic E-state index is 11.0. The number of non-ortho nitro benzene ring substituents is 1. The van der Waals surface area contributed by atoms with Gasteiger partial charge in [-0.05, 0) is 29.7 Å². The van der Waals surface area contributed by atoms with Gasteiger partial charge in [-0.2, -0.15) is 0 Å². The van der Waals surface area contributed by atoms with Crippen molar-refractivity contribution in [1.29, 1.82) is 0 Å². The summed E-state index contributed by atoms with van der Waals surface area (Å²) in [6, 6.07) is 5.10. The molecule has 1 aromatic carbocycles.